The van der Waals surface area contributed by atoms with E-state index in [1.54, 1.807) is 18.0 Å². The van der Waals surface area contributed by atoms with Gasteiger partial charge in [-0.25, -0.2) is 0 Å². The second-order valence-electron chi connectivity index (χ2n) is 6.07. The van der Waals surface area contributed by atoms with Crippen molar-refractivity contribution in [2.24, 2.45) is 0 Å². The number of amides is 1. The normalized spacial score (nSPS) is 10.7. The van der Waals surface area contributed by atoms with Gasteiger partial charge in [-0.15, -0.1) is 10.2 Å². The number of hydrogen-bond acceptors (Lipinski definition) is 4. The van der Waals surface area contributed by atoms with E-state index in [0.717, 1.165) is 17.5 Å². The summed E-state index contributed by atoms with van der Waals surface area (Å²) < 4.78 is 0. The van der Waals surface area contributed by atoms with Crippen LogP contribution in [0.1, 0.15) is 18.1 Å². The van der Waals surface area contributed by atoms with Crippen LogP contribution in [0.2, 0.25) is 5.02 Å². The van der Waals surface area contributed by atoms with Crippen LogP contribution in [0.4, 0.5) is 0 Å². The Labute approximate surface area is 157 Å². The number of aryl methyl sites for hydroxylation is 1. The topological polar surface area (TPSA) is 63.9 Å². The quantitative estimate of drug-likeness (QED) is 0.669. The van der Waals surface area contributed by atoms with Crippen LogP contribution in [-0.2, 0) is 24.3 Å². The maximum absolute atomic E-state index is 12.4. The maximum atomic E-state index is 12.4. The SMILES string of the molecule is CCc1ccc(-c2nnn(CC(=O)N(C)Cc3cccc(Cl)c3)n2)cc1. The molecule has 0 N–H and O–H groups in total. The Morgan fingerprint density at radius 1 is 1.15 bits per heavy atom. The number of likely N-dealkylation sites (N-methyl/N-ethyl adjacent to an activating group) is 1. The minimum absolute atomic E-state index is 0.0388. The molecule has 0 atom stereocenters. The molecule has 3 rings (SSSR count). The summed E-state index contributed by atoms with van der Waals surface area (Å²) in [4.78, 5) is 15.3. The monoisotopic (exact) mass is 369 g/mol. The molecule has 0 aliphatic heterocycles. The van der Waals surface area contributed by atoms with E-state index in [9.17, 15) is 4.79 Å². The van der Waals surface area contributed by atoms with E-state index in [2.05, 4.69) is 22.3 Å². The summed E-state index contributed by atoms with van der Waals surface area (Å²) >= 11 is 5.98. The Balaban J connectivity index is 1.63. The molecule has 0 radical (unpaired) electrons. The van der Waals surface area contributed by atoms with Gasteiger partial charge >= 0.3 is 0 Å². The van der Waals surface area contributed by atoms with Crippen molar-refractivity contribution in [1.82, 2.24) is 25.1 Å². The van der Waals surface area contributed by atoms with E-state index >= 15 is 0 Å². The van der Waals surface area contributed by atoms with Crippen LogP contribution in [0.25, 0.3) is 11.4 Å². The van der Waals surface area contributed by atoms with Crippen LogP contribution in [0.3, 0.4) is 0 Å². The van der Waals surface area contributed by atoms with Crippen LogP contribution >= 0.6 is 11.6 Å². The summed E-state index contributed by atoms with van der Waals surface area (Å²) in [5, 5.41) is 13.0. The number of rotatable bonds is 6. The van der Waals surface area contributed by atoms with E-state index in [1.807, 2.05) is 42.5 Å². The molecule has 7 heteroatoms. The number of benzene rings is 2. The molecule has 134 valence electrons. The number of carbonyl (C=O) groups excluding carboxylic acids is 1. The van der Waals surface area contributed by atoms with Crippen LogP contribution < -0.4 is 0 Å². The molecule has 1 aromatic heterocycles. The number of hydrogen-bond donors (Lipinski definition) is 0. The summed E-state index contributed by atoms with van der Waals surface area (Å²) in [6.07, 6.45) is 0.980. The standard InChI is InChI=1S/C19H20ClN5O/c1-3-14-7-9-16(10-8-14)19-21-23-25(22-19)13-18(26)24(2)12-15-5-4-6-17(20)11-15/h4-11H,3,12-13H2,1-2H3. The van der Waals surface area contributed by atoms with Gasteiger partial charge in [-0.2, -0.15) is 4.80 Å². The van der Waals surface area contributed by atoms with E-state index in [4.69, 9.17) is 11.6 Å². The van der Waals surface area contributed by atoms with Crippen molar-refractivity contribution in [1.29, 1.82) is 0 Å². The number of nitrogens with zero attached hydrogens (tertiary/aromatic N) is 5. The molecule has 26 heavy (non-hydrogen) atoms. The second kappa shape index (κ2) is 8.10. The molecule has 0 saturated carbocycles. The van der Waals surface area contributed by atoms with Gasteiger partial charge in [0.1, 0.15) is 6.54 Å². The van der Waals surface area contributed by atoms with Gasteiger partial charge in [-0.3, -0.25) is 4.79 Å². The molecule has 0 saturated heterocycles. The molecule has 0 unspecified atom stereocenters. The lowest BCUT2D eigenvalue weighted by atomic mass is 10.1. The highest BCUT2D eigenvalue weighted by atomic mass is 35.5. The van der Waals surface area contributed by atoms with Gasteiger partial charge in [0.25, 0.3) is 0 Å². The van der Waals surface area contributed by atoms with Gasteiger partial charge < -0.3 is 4.90 Å². The van der Waals surface area contributed by atoms with E-state index in [-0.39, 0.29) is 12.5 Å². The Morgan fingerprint density at radius 2 is 1.92 bits per heavy atom. The van der Waals surface area contributed by atoms with Crippen molar-refractivity contribution < 1.29 is 4.79 Å². The minimum atomic E-state index is -0.102. The fraction of sp³-hybridized carbons (Fsp3) is 0.263. The van der Waals surface area contributed by atoms with E-state index in [1.165, 1.54) is 10.4 Å². The van der Waals surface area contributed by atoms with Crippen molar-refractivity contribution in [3.63, 3.8) is 0 Å². The van der Waals surface area contributed by atoms with Crippen molar-refractivity contribution in [2.75, 3.05) is 7.05 Å². The molecule has 3 aromatic rings. The predicted molar refractivity (Wildman–Crippen MR) is 101 cm³/mol. The van der Waals surface area contributed by atoms with Gasteiger partial charge in [0.15, 0.2) is 0 Å². The van der Waals surface area contributed by atoms with E-state index < -0.39 is 0 Å². The summed E-state index contributed by atoms with van der Waals surface area (Å²) in [6, 6.07) is 15.5. The first-order chi connectivity index (χ1) is 12.5. The molecule has 1 heterocycles. The predicted octanol–water partition coefficient (Wildman–Crippen LogP) is 3.21. The van der Waals surface area contributed by atoms with Crippen molar-refractivity contribution in [3.8, 4) is 11.4 Å². The molecule has 0 aliphatic rings. The molecule has 0 bridgehead atoms. The average Bonchev–Trinajstić information content (AvgIpc) is 3.10. The smallest absolute Gasteiger partial charge is 0.246 e. The first-order valence-corrected chi connectivity index (χ1v) is 8.78. The number of halogens is 1. The Bertz CT molecular complexity index is 891. The lowest BCUT2D eigenvalue weighted by molar-refractivity contribution is -0.131. The lowest BCUT2D eigenvalue weighted by Gasteiger charge is -2.16. The summed E-state index contributed by atoms with van der Waals surface area (Å²) in [5.41, 5.74) is 3.10. The largest absolute Gasteiger partial charge is 0.340 e. The lowest BCUT2D eigenvalue weighted by Crippen LogP contribution is -2.30. The molecule has 6 nitrogen and oxygen atoms in total. The van der Waals surface area contributed by atoms with Crippen LogP contribution in [0, 0.1) is 0 Å². The van der Waals surface area contributed by atoms with Crippen LogP contribution in [0.5, 0.6) is 0 Å². The number of aromatic nitrogens is 4. The second-order valence-corrected chi connectivity index (χ2v) is 6.51. The summed E-state index contributed by atoms with van der Waals surface area (Å²) in [5.74, 6) is 0.410. The molecular formula is C19H20ClN5O. The first-order valence-electron chi connectivity index (χ1n) is 8.40. The molecule has 0 aliphatic carbocycles. The van der Waals surface area contributed by atoms with Crippen LogP contribution in [-0.4, -0.2) is 38.1 Å². The number of tetrazole rings is 1. The zero-order valence-electron chi connectivity index (χ0n) is 14.8. The van der Waals surface area contributed by atoms with Crippen molar-refractivity contribution in [3.05, 3.63) is 64.7 Å². The van der Waals surface area contributed by atoms with Gasteiger partial charge in [0.2, 0.25) is 11.7 Å². The highest BCUT2D eigenvalue weighted by molar-refractivity contribution is 6.30. The fourth-order valence-corrected chi connectivity index (χ4v) is 2.77. The first kappa shape index (κ1) is 18.1. The third-order valence-corrected chi connectivity index (χ3v) is 4.32. The molecular weight excluding hydrogens is 350 g/mol. The zero-order chi connectivity index (χ0) is 18.5. The Hall–Kier alpha value is -2.73. The fourth-order valence-electron chi connectivity index (χ4n) is 2.55. The highest BCUT2D eigenvalue weighted by Crippen LogP contribution is 2.15. The minimum Gasteiger partial charge on any atom is -0.340 e. The maximum Gasteiger partial charge on any atom is 0.246 e. The Kier molecular flexibility index (Phi) is 5.63. The Morgan fingerprint density at radius 3 is 2.62 bits per heavy atom. The van der Waals surface area contributed by atoms with Gasteiger partial charge in [0, 0.05) is 24.2 Å². The molecule has 0 fully saturated rings. The van der Waals surface area contributed by atoms with Gasteiger partial charge in [0.05, 0.1) is 0 Å². The summed E-state index contributed by atoms with van der Waals surface area (Å²) in [7, 11) is 1.74. The number of carbonyl (C=O) groups is 1. The van der Waals surface area contributed by atoms with Crippen LogP contribution in [0.15, 0.2) is 48.5 Å². The third kappa shape index (κ3) is 4.46. The van der Waals surface area contributed by atoms with E-state index in [0.29, 0.717) is 17.4 Å². The molecule has 0 spiro atoms. The molecule has 2 aromatic carbocycles. The zero-order valence-corrected chi connectivity index (χ0v) is 15.5. The van der Waals surface area contributed by atoms with Crippen molar-refractivity contribution in [2.45, 2.75) is 26.4 Å². The van der Waals surface area contributed by atoms with Gasteiger partial charge in [-0.1, -0.05) is 54.9 Å². The third-order valence-electron chi connectivity index (χ3n) is 4.08. The average molecular weight is 370 g/mol. The summed E-state index contributed by atoms with van der Waals surface area (Å²) in [6.45, 7) is 2.62. The van der Waals surface area contributed by atoms with Gasteiger partial charge in [-0.05, 0) is 34.9 Å². The highest BCUT2D eigenvalue weighted by Gasteiger charge is 2.13. The molecule has 1 amide bonds. The van der Waals surface area contributed by atoms with Crippen molar-refractivity contribution >= 4 is 17.5 Å².